The van der Waals surface area contributed by atoms with E-state index in [4.69, 9.17) is 21.1 Å². The standard InChI is InChI=1S/C29H30ClF2N5O5/c1-15(27(39)35-23(14-38)17-9-18(31)11-20(10-17)41-2)37-13-16-3-4-21(25(32)24(16)28(37)40)26-22(30)12-33-29(36-26)34-19-5-7-42-8-6-19/h3-4,9-12,15,19,23,38H,5-8,13-14H2,1-2H3,(H,35,39)(H,33,34,36). The largest absolute Gasteiger partial charge is 0.497 e. The maximum absolute atomic E-state index is 15.9. The molecule has 2 atom stereocenters. The molecule has 0 spiro atoms. The van der Waals surface area contributed by atoms with Crippen molar-refractivity contribution < 1.29 is 33.0 Å². The number of hydrogen-bond donors (Lipinski definition) is 3. The summed E-state index contributed by atoms with van der Waals surface area (Å²) in [5, 5.41) is 15.9. The highest BCUT2D eigenvalue weighted by molar-refractivity contribution is 6.33. The van der Waals surface area contributed by atoms with Crippen LogP contribution in [0.15, 0.2) is 36.5 Å². The number of carbonyl (C=O) groups is 2. The van der Waals surface area contributed by atoms with Crippen molar-refractivity contribution in [3.8, 4) is 17.0 Å². The van der Waals surface area contributed by atoms with Crippen LogP contribution in [0.25, 0.3) is 11.3 Å². The van der Waals surface area contributed by atoms with Gasteiger partial charge in [-0.15, -0.1) is 0 Å². The van der Waals surface area contributed by atoms with Crippen LogP contribution in [0.3, 0.4) is 0 Å². The van der Waals surface area contributed by atoms with E-state index in [1.54, 1.807) is 6.07 Å². The number of anilines is 1. The Labute approximate surface area is 246 Å². The summed E-state index contributed by atoms with van der Waals surface area (Å²) in [6.07, 6.45) is 2.94. The van der Waals surface area contributed by atoms with Gasteiger partial charge in [0, 0.05) is 37.4 Å². The van der Waals surface area contributed by atoms with Gasteiger partial charge in [0.1, 0.15) is 23.4 Å². The summed E-state index contributed by atoms with van der Waals surface area (Å²) in [4.78, 5) is 36.4. The van der Waals surface area contributed by atoms with E-state index in [1.165, 1.54) is 49.4 Å². The molecule has 2 amide bonds. The van der Waals surface area contributed by atoms with Crippen molar-refractivity contribution in [2.45, 2.75) is 44.4 Å². The summed E-state index contributed by atoms with van der Waals surface area (Å²) in [7, 11) is 1.37. The van der Waals surface area contributed by atoms with Crippen molar-refractivity contribution in [1.82, 2.24) is 20.2 Å². The van der Waals surface area contributed by atoms with Crippen molar-refractivity contribution in [2.24, 2.45) is 0 Å². The number of nitrogens with zero attached hydrogens (tertiary/aromatic N) is 3. The fourth-order valence-electron chi connectivity index (χ4n) is 5.10. The van der Waals surface area contributed by atoms with Crippen molar-refractivity contribution >= 4 is 29.4 Å². The lowest BCUT2D eigenvalue weighted by Crippen LogP contribution is -2.46. The Hall–Kier alpha value is -3.87. The lowest BCUT2D eigenvalue weighted by atomic mass is 10.0. The molecule has 3 N–H and O–H groups in total. The Balaban J connectivity index is 1.34. The molecule has 0 radical (unpaired) electrons. The molecule has 2 aromatic carbocycles. The number of aliphatic hydroxyl groups is 1. The molecular formula is C29H30ClF2N5O5. The Morgan fingerprint density at radius 3 is 2.74 bits per heavy atom. The zero-order chi connectivity index (χ0) is 30.0. The summed E-state index contributed by atoms with van der Waals surface area (Å²) in [5.41, 5.74) is 0.683. The Morgan fingerprint density at radius 2 is 2.02 bits per heavy atom. The first-order valence-electron chi connectivity index (χ1n) is 13.4. The normalized spacial score (nSPS) is 16.6. The maximum atomic E-state index is 15.9. The highest BCUT2D eigenvalue weighted by Gasteiger charge is 2.38. The second-order valence-corrected chi connectivity index (χ2v) is 10.6. The summed E-state index contributed by atoms with van der Waals surface area (Å²) in [5.74, 6) is -2.18. The molecule has 5 rings (SSSR count). The summed E-state index contributed by atoms with van der Waals surface area (Å²) < 4.78 is 40.4. The molecule has 0 saturated carbocycles. The van der Waals surface area contributed by atoms with Gasteiger partial charge in [-0.2, -0.15) is 0 Å². The number of aliphatic hydroxyl groups excluding tert-OH is 1. The molecule has 13 heteroatoms. The van der Waals surface area contributed by atoms with Crippen molar-refractivity contribution in [2.75, 3.05) is 32.2 Å². The van der Waals surface area contributed by atoms with Crippen LogP contribution in [0.4, 0.5) is 14.7 Å². The van der Waals surface area contributed by atoms with Crippen LogP contribution in [0, 0.1) is 11.6 Å². The van der Waals surface area contributed by atoms with E-state index >= 15 is 4.39 Å². The monoisotopic (exact) mass is 601 g/mol. The number of ether oxygens (including phenoxy) is 2. The number of benzene rings is 2. The third kappa shape index (κ3) is 6.01. The second kappa shape index (κ2) is 12.6. The van der Waals surface area contributed by atoms with E-state index in [9.17, 15) is 19.1 Å². The summed E-state index contributed by atoms with van der Waals surface area (Å²) >= 11 is 6.36. The smallest absolute Gasteiger partial charge is 0.258 e. The van der Waals surface area contributed by atoms with Crippen molar-refractivity contribution in [3.05, 3.63) is 69.9 Å². The van der Waals surface area contributed by atoms with E-state index in [0.717, 1.165) is 12.8 Å². The first kappa shape index (κ1) is 29.6. The Bertz CT molecular complexity index is 1500. The van der Waals surface area contributed by atoms with E-state index in [-0.39, 0.29) is 51.7 Å². The molecule has 42 heavy (non-hydrogen) atoms. The lowest BCUT2D eigenvalue weighted by molar-refractivity contribution is -0.126. The molecule has 2 aliphatic rings. The number of nitrogens with one attached hydrogen (secondary N) is 2. The molecule has 3 heterocycles. The topological polar surface area (TPSA) is 126 Å². The number of hydrogen-bond acceptors (Lipinski definition) is 8. The number of carbonyl (C=O) groups excluding carboxylic acids is 2. The fourth-order valence-corrected chi connectivity index (χ4v) is 5.29. The quantitative estimate of drug-likeness (QED) is 0.338. The van der Waals surface area contributed by atoms with Gasteiger partial charge >= 0.3 is 0 Å². The van der Waals surface area contributed by atoms with Gasteiger partial charge in [-0.25, -0.2) is 18.7 Å². The number of aromatic nitrogens is 2. The average Bonchev–Trinajstić information content (AvgIpc) is 3.33. The van der Waals surface area contributed by atoms with E-state index in [1.807, 2.05) is 0 Å². The molecule has 1 fully saturated rings. The Kier molecular flexibility index (Phi) is 8.85. The molecule has 3 aromatic rings. The number of halogens is 3. The minimum absolute atomic E-state index is 0.00834. The molecule has 1 aromatic heterocycles. The van der Waals surface area contributed by atoms with Crippen LogP contribution in [0.5, 0.6) is 5.75 Å². The highest BCUT2D eigenvalue weighted by atomic mass is 35.5. The SMILES string of the molecule is COc1cc(F)cc(C(CO)NC(=O)C(C)N2Cc3ccc(-c4nc(NC5CCOCC5)ncc4Cl)c(F)c3C2=O)c1. The molecule has 0 aliphatic carbocycles. The zero-order valence-electron chi connectivity index (χ0n) is 23.0. The van der Waals surface area contributed by atoms with E-state index in [2.05, 4.69) is 20.6 Å². The number of amides is 2. The number of rotatable bonds is 9. The van der Waals surface area contributed by atoms with Gasteiger partial charge in [-0.05, 0) is 49.1 Å². The van der Waals surface area contributed by atoms with E-state index in [0.29, 0.717) is 18.8 Å². The van der Waals surface area contributed by atoms with Gasteiger partial charge in [0.2, 0.25) is 11.9 Å². The van der Waals surface area contributed by atoms with Gasteiger partial charge in [-0.1, -0.05) is 17.7 Å². The van der Waals surface area contributed by atoms with Crippen LogP contribution in [-0.2, 0) is 16.1 Å². The van der Waals surface area contributed by atoms with Gasteiger partial charge < -0.3 is 30.1 Å². The number of methoxy groups -OCH3 is 1. The van der Waals surface area contributed by atoms with Gasteiger partial charge in [0.25, 0.3) is 5.91 Å². The van der Waals surface area contributed by atoms with Crippen LogP contribution >= 0.6 is 11.6 Å². The lowest BCUT2D eigenvalue weighted by Gasteiger charge is -2.26. The van der Waals surface area contributed by atoms with Crippen LogP contribution in [0.1, 0.15) is 47.3 Å². The van der Waals surface area contributed by atoms with E-state index < -0.39 is 42.1 Å². The molecular weight excluding hydrogens is 572 g/mol. The molecule has 10 nitrogen and oxygen atoms in total. The molecule has 222 valence electrons. The minimum Gasteiger partial charge on any atom is -0.497 e. The highest BCUT2D eigenvalue weighted by Crippen LogP contribution is 2.35. The predicted octanol–water partition coefficient (Wildman–Crippen LogP) is 3.87. The predicted molar refractivity (Wildman–Crippen MR) is 150 cm³/mol. The zero-order valence-corrected chi connectivity index (χ0v) is 23.8. The molecule has 1 saturated heterocycles. The molecule has 0 bridgehead atoms. The van der Waals surface area contributed by atoms with Crippen molar-refractivity contribution in [3.63, 3.8) is 0 Å². The Morgan fingerprint density at radius 1 is 1.26 bits per heavy atom. The summed E-state index contributed by atoms with van der Waals surface area (Å²) in [6, 6.07) is 5.05. The fraction of sp³-hybridized carbons (Fsp3) is 0.379. The van der Waals surface area contributed by atoms with Gasteiger partial charge in [0.15, 0.2) is 0 Å². The summed E-state index contributed by atoms with van der Waals surface area (Å²) in [6.45, 7) is 2.20. The molecule has 2 unspecified atom stereocenters. The average molecular weight is 602 g/mol. The van der Waals surface area contributed by atoms with Gasteiger partial charge in [0.05, 0.1) is 42.2 Å². The van der Waals surface area contributed by atoms with Gasteiger partial charge in [-0.3, -0.25) is 9.59 Å². The van der Waals surface area contributed by atoms with Crippen LogP contribution in [-0.4, -0.2) is 70.8 Å². The van der Waals surface area contributed by atoms with Crippen LogP contribution in [0.2, 0.25) is 5.02 Å². The third-order valence-corrected chi connectivity index (χ3v) is 7.75. The third-order valence-electron chi connectivity index (χ3n) is 7.48. The first-order chi connectivity index (χ1) is 20.2. The second-order valence-electron chi connectivity index (χ2n) is 10.2. The first-order valence-corrected chi connectivity index (χ1v) is 13.8. The van der Waals surface area contributed by atoms with Crippen molar-refractivity contribution in [1.29, 1.82) is 0 Å². The maximum Gasteiger partial charge on any atom is 0.258 e. The molecule has 2 aliphatic heterocycles. The minimum atomic E-state index is -1.03. The number of fused-ring (bicyclic) bond motifs is 1. The van der Waals surface area contributed by atoms with Crippen LogP contribution < -0.4 is 15.4 Å².